The summed E-state index contributed by atoms with van der Waals surface area (Å²) in [5.41, 5.74) is 9.16. The zero-order chi connectivity index (χ0) is 11.5. The van der Waals surface area contributed by atoms with Crippen molar-refractivity contribution in [3.8, 4) is 0 Å². The van der Waals surface area contributed by atoms with Crippen LogP contribution in [0.5, 0.6) is 0 Å². The van der Waals surface area contributed by atoms with E-state index in [-0.39, 0.29) is 29.8 Å². The zero-order valence-corrected chi connectivity index (χ0v) is 10.9. The zero-order valence-electron chi connectivity index (χ0n) is 10.1. The Hall–Kier alpha value is -1.06. The minimum Gasteiger partial charge on any atom is -0.324 e. The van der Waals surface area contributed by atoms with Crippen LogP contribution in [0.4, 0.5) is 5.69 Å². The molecule has 0 radical (unpaired) electrons. The number of nitrogens with zero attached hydrogens (tertiary/aromatic N) is 1. The Morgan fingerprint density at radius 2 is 2.06 bits per heavy atom. The fourth-order valence-electron chi connectivity index (χ4n) is 2.86. The molecule has 3 rings (SSSR count). The molecular formula is C13H17ClN2O. The van der Waals surface area contributed by atoms with E-state index in [2.05, 4.69) is 6.07 Å². The number of anilines is 1. The third-order valence-corrected chi connectivity index (χ3v) is 3.87. The van der Waals surface area contributed by atoms with Crippen molar-refractivity contribution in [2.24, 2.45) is 5.73 Å². The van der Waals surface area contributed by atoms with Crippen LogP contribution in [0.1, 0.15) is 36.9 Å². The summed E-state index contributed by atoms with van der Waals surface area (Å²) in [7, 11) is 1.86. The first-order chi connectivity index (χ1) is 7.58. The van der Waals surface area contributed by atoms with Crippen molar-refractivity contribution in [1.82, 2.24) is 0 Å². The van der Waals surface area contributed by atoms with E-state index in [1.165, 1.54) is 5.56 Å². The van der Waals surface area contributed by atoms with Crippen LogP contribution in [0, 0.1) is 0 Å². The number of rotatable bonds is 1. The Balaban J connectivity index is 0.00000108. The smallest absolute Gasteiger partial charge is 0.237 e. The first kappa shape index (κ1) is 12.4. The van der Waals surface area contributed by atoms with Gasteiger partial charge in [-0.1, -0.05) is 12.1 Å². The van der Waals surface area contributed by atoms with Crippen molar-refractivity contribution in [3.05, 3.63) is 29.3 Å². The van der Waals surface area contributed by atoms with Gasteiger partial charge in [0.1, 0.15) is 0 Å². The van der Waals surface area contributed by atoms with Crippen molar-refractivity contribution in [3.63, 3.8) is 0 Å². The number of halogens is 1. The van der Waals surface area contributed by atoms with Crippen LogP contribution in [-0.4, -0.2) is 13.0 Å². The summed E-state index contributed by atoms with van der Waals surface area (Å²) in [5.74, 6) is 0.246. The maximum Gasteiger partial charge on any atom is 0.237 e. The summed E-state index contributed by atoms with van der Waals surface area (Å²) < 4.78 is 0. The fourth-order valence-corrected chi connectivity index (χ4v) is 2.86. The topological polar surface area (TPSA) is 46.3 Å². The van der Waals surface area contributed by atoms with Crippen LogP contribution in [0.3, 0.4) is 0 Å². The summed E-state index contributed by atoms with van der Waals surface area (Å²) in [6, 6.07) is 6.05. The van der Waals surface area contributed by atoms with Gasteiger partial charge in [-0.3, -0.25) is 4.79 Å². The molecule has 17 heavy (non-hydrogen) atoms. The number of nitrogens with two attached hydrogens (primary N) is 1. The van der Waals surface area contributed by atoms with Gasteiger partial charge in [0.05, 0.1) is 5.41 Å². The highest BCUT2D eigenvalue weighted by atomic mass is 35.5. The van der Waals surface area contributed by atoms with E-state index in [1.54, 1.807) is 4.90 Å². The number of carbonyl (C=O) groups is 1. The highest BCUT2D eigenvalue weighted by molar-refractivity contribution is 6.10. The third-order valence-electron chi connectivity index (χ3n) is 3.87. The van der Waals surface area contributed by atoms with Gasteiger partial charge in [0, 0.05) is 18.8 Å². The number of likely N-dealkylation sites (N-methyl/N-ethyl adjacent to an activating group) is 1. The average molecular weight is 253 g/mol. The van der Waals surface area contributed by atoms with E-state index in [0.29, 0.717) is 0 Å². The summed E-state index contributed by atoms with van der Waals surface area (Å²) >= 11 is 0. The highest BCUT2D eigenvalue weighted by Gasteiger charge is 2.59. The molecule has 1 saturated carbocycles. The molecule has 0 aromatic heterocycles. The normalized spacial score (nSPS) is 21.1. The monoisotopic (exact) mass is 252 g/mol. The third kappa shape index (κ3) is 1.42. The Labute approximate surface area is 107 Å². The summed E-state index contributed by atoms with van der Waals surface area (Å²) in [6.45, 7) is 1.98. The van der Waals surface area contributed by atoms with Crippen LogP contribution in [0.2, 0.25) is 0 Å². The van der Waals surface area contributed by atoms with E-state index >= 15 is 0 Å². The lowest BCUT2D eigenvalue weighted by Crippen LogP contribution is -2.28. The van der Waals surface area contributed by atoms with E-state index in [4.69, 9.17) is 5.73 Å². The molecule has 2 N–H and O–H groups in total. The Kier molecular flexibility index (Phi) is 2.71. The van der Waals surface area contributed by atoms with Gasteiger partial charge in [0.15, 0.2) is 0 Å². The predicted molar refractivity (Wildman–Crippen MR) is 70.6 cm³/mol. The average Bonchev–Trinajstić information content (AvgIpc) is 3.03. The molecule has 0 bridgehead atoms. The van der Waals surface area contributed by atoms with Gasteiger partial charge in [0.25, 0.3) is 0 Å². The number of fused-ring (bicyclic) bond motifs is 2. The van der Waals surface area contributed by atoms with E-state index in [0.717, 1.165) is 24.1 Å². The lowest BCUT2D eigenvalue weighted by molar-refractivity contribution is -0.119. The van der Waals surface area contributed by atoms with Gasteiger partial charge in [-0.2, -0.15) is 0 Å². The molecule has 3 nitrogen and oxygen atoms in total. The fraction of sp³-hybridized carbons (Fsp3) is 0.462. The second kappa shape index (κ2) is 3.72. The lowest BCUT2D eigenvalue weighted by atomic mass is 9.90. The number of benzene rings is 1. The van der Waals surface area contributed by atoms with E-state index < -0.39 is 0 Å². The van der Waals surface area contributed by atoms with Gasteiger partial charge >= 0.3 is 0 Å². The van der Waals surface area contributed by atoms with E-state index in [9.17, 15) is 4.79 Å². The number of hydrogen-bond acceptors (Lipinski definition) is 2. The number of hydrogen-bond donors (Lipinski definition) is 1. The molecule has 1 heterocycles. The Morgan fingerprint density at radius 3 is 2.59 bits per heavy atom. The van der Waals surface area contributed by atoms with Crippen molar-refractivity contribution in [2.75, 3.05) is 11.9 Å². The molecule has 1 amide bonds. The molecular weight excluding hydrogens is 236 g/mol. The molecule has 1 aromatic carbocycles. The molecule has 1 atom stereocenters. The lowest BCUT2D eigenvalue weighted by Gasteiger charge is -2.14. The van der Waals surface area contributed by atoms with Crippen LogP contribution < -0.4 is 10.6 Å². The Bertz CT molecular complexity index is 480. The molecule has 4 heteroatoms. The maximum atomic E-state index is 12.2. The molecule has 2 aliphatic rings. The minimum absolute atomic E-state index is 0. The summed E-state index contributed by atoms with van der Waals surface area (Å²) in [5, 5.41) is 0. The summed E-state index contributed by atoms with van der Waals surface area (Å²) in [6.07, 6.45) is 1.96. The first-order valence-corrected chi connectivity index (χ1v) is 5.75. The van der Waals surface area contributed by atoms with Gasteiger partial charge in [-0.15, -0.1) is 12.4 Å². The molecule has 1 fully saturated rings. The van der Waals surface area contributed by atoms with Gasteiger partial charge in [-0.25, -0.2) is 0 Å². The number of carbonyl (C=O) groups excluding carboxylic acids is 1. The van der Waals surface area contributed by atoms with Crippen LogP contribution >= 0.6 is 12.4 Å². The SMILES string of the molecule is C[C@@H](N)c1cccc2c1C1(CC1)C(=O)N2C.Cl. The molecule has 1 spiro atoms. The highest BCUT2D eigenvalue weighted by Crippen LogP contribution is 2.58. The predicted octanol–water partition coefficient (Wildman–Crippen LogP) is 2.14. The molecule has 92 valence electrons. The molecule has 1 aromatic rings. The van der Waals surface area contributed by atoms with Crippen molar-refractivity contribution in [2.45, 2.75) is 31.2 Å². The molecule has 0 unspecified atom stereocenters. The maximum absolute atomic E-state index is 12.2. The largest absolute Gasteiger partial charge is 0.324 e. The van der Waals surface area contributed by atoms with Crippen LogP contribution in [0.25, 0.3) is 0 Å². The van der Waals surface area contributed by atoms with Crippen molar-refractivity contribution < 1.29 is 4.79 Å². The first-order valence-electron chi connectivity index (χ1n) is 5.75. The van der Waals surface area contributed by atoms with Gasteiger partial charge in [0.2, 0.25) is 5.91 Å². The molecule has 1 aliphatic carbocycles. The second-order valence-corrected chi connectivity index (χ2v) is 4.98. The van der Waals surface area contributed by atoms with Crippen LogP contribution in [0.15, 0.2) is 18.2 Å². The van der Waals surface area contributed by atoms with E-state index in [1.807, 2.05) is 26.1 Å². The number of amides is 1. The Morgan fingerprint density at radius 1 is 1.41 bits per heavy atom. The molecule has 1 aliphatic heterocycles. The quantitative estimate of drug-likeness (QED) is 0.832. The van der Waals surface area contributed by atoms with Gasteiger partial charge in [-0.05, 0) is 37.0 Å². The minimum atomic E-state index is -0.214. The molecule has 0 saturated heterocycles. The van der Waals surface area contributed by atoms with Crippen molar-refractivity contribution in [1.29, 1.82) is 0 Å². The summed E-state index contributed by atoms with van der Waals surface area (Å²) in [4.78, 5) is 14.0. The second-order valence-electron chi connectivity index (χ2n) is 4.98. The van der Waals surface area contributed by atoms with Crippen LogP contribution in [-0.2, 0) is 10.2 Å². The standard InChI is InChI=1S/C13H16N2O.ClH/c1-8(14)9-4-3-5-10-11(9)13(6-7-13)12(16)15(10)2;/h3-5,8H,6-7,14H2,1-2H3;1H/t8-;/m1./s1. The van der Waals surface area contributed by atoms with Crippen molar-refractivity contribution >= 4 is 24.0 Å². The van der Waals surface area contributed by atoms with Gasteiger partial charge < -0.3 is 10.6 Å².